The van der Waals surface area contributed by atoms with Gasteiger partial charge in [0, 0.05) is 17.8 Å². The number of hydrogen-bond acceptors (Lipinski definition) is 1. The predicted octanol–water partition coefficient (Wildman–Crippen LogP) is 3.76. The number of Topliss-reactive ketones (excluding diaryl/α,β-unsaturated/α-hetero) is 1. The molecule has 0 aromatic carbocycles. The molecule has 0 bridgehead atoms. The molecule has 0 aromatic heterocycles. The molecule has 0 spiro atoms. The van der Waals surface area contributed by atoms with Crippen LogP contribution < -0.4 is 0 Å². The van der Waals surface area contributed by atoms with E-state index in [0.717, 1.165) is 24.7 Å². The molecule has 2 saturated carbocycles. The SMILES string of the molecule is CC1=CC[C@@H]2C[C@@H]3CC[C@@H]3[C@@H]2C(=O)[C@H]2CC=C[C@@H]12. The molecule has 96 valence electrons. The van der Waals surface area contributed by atoms with Gasteiger partial charge in [-0.2, -0.15) is 0 Å². The molecule has 1 nitrogen and oxygen atoms in total. The van der Waals surface area contributed by atoms with E-state index in [2.05, 4.69) is 25.2 Å². The van der Waals surface area contributed by atoms with E-state index in [1.165, 1.54) is 24.8 Å². The van der Waals surface area contributed by atoms with Crippen LogP contribution in [0.4, 0.5) is 0 Å². The lowest BCUT2D eigenvalue weighted by Gasteiger charge is -2.36. The van der Waals surface area contributed by atoms with Crippen LogP contribution in [0.15, 0.2) is 23.8 Å². The Kier molecular flexibility index (Phi) is 2.34. The monoisotopic (exact) mass is 242 g/mol. The second-order valence-corrected chi connectivity index (χ2v) is 6.91. The minimum absolute atomic E-state index is 0.286. The van der Waals surface area contributed by atoms with Crippen LogP contribution in [0.1, 0.15) is 39.0 Å². The van der Waals surface area contributed by atoms with Crippen molar-refractivity contribution in [2.75, 3.05) is 0 Å². The molecule has 18 heavy (non-hydrogen) atoms. The molecule has 0 unspecified atom stereocenters. The fraction of sp³-hybridized carbons (Fsp3) is 0.706. The fourth-order valence-corrected chi connectivity index (χ4v) is 5.07. The Bertz CT molecular complexity index is 445. The zero-order chi connectivity index (χ0) is 12.3. The van der Waals surface area contributed by atoms with Crippen molar-refractivity contribution in [3.05, 3.63) is 23.8 Å². The average molecular weight is 242 g/mol. The van der Waals surface area contributed by atoms with E-state index in [9.17, 15) is 4.79 Å². The van der Waals surface area contributed by atoms with Crippen molar-refractivity contribution in [3.8, 4) is 0 Å². The summed E-state index contributed by atoms with van der Waals surface area (Å²) in [6.45, 7) is 2.23. The van der Waals surface area contributed by atoms with Crippen LogP contribution in [-0.2, 0) is 4.79 Å². The van der Waals surface area contributed by atoms with Gasteiger partial charge in [0.1, 0.15) is 5.78 Å². The highest BCUT2D eigenvalue weighted by Gasteiger charge is 2.52. The van der Waals surface area contributed by atoms with Crippen molar-refractivity contribution in [1.82, 2.24) is 0 Å². The molecule has 0 aromatic rings. The first-order chi connectivity index (χ1) is 8.75. The topological polar surface area (TPSA) is 17.1 Å². The lowest BCUT2D eigenvalue weighted by Crippen LogP contribution is -2.37. The molecule has 0 aliphatic heterocycles. The van der Waals surface area contributed by atoms with E-state index in [4.69, 9.17) is 0 Å². The molecule has 0 radical (unpaired) electrons. The van der Waals surface area contributed by atoms with Crippen LogP contribution in [0.25, 0.3) is 0 Å². The summed E-state index contributed by atoms with van der Waals surface area (Å²) in [7, 11) is 0. The Morgan fingerprint density at radius 3 is 2.83 bits per heavy atom. The van der Waals surface area contributed by atoms with E-state index in [1.54, 1.807) is 0 Å². The number of carbonyl (C=O) groups excluding carboxylic acids is 1. The normalized spacial score (nSPS) is 49.6. The molecule has 0 N–H and O–H groups in total. The van der Waals surface area contributed by atoms with Gasteiger partial charge in [0.2, 0.25) is 0 Å². The van der Waals surface area contributed by atoms with Gasteiger partial charge >= 0.3 is 0 Å². The van der Waals surface area contributed by atoms with Gasteiger partial charge in [0.05, 0.1) is 0 Å². The summed E-state index contributed by atoms with van der Waals surface area (Å²) in [5.41, 5.74) is 1.44. The number of hydrogen-bond donors (Lipinski definition) is 0. The molecule has 1 heteroatoms. The largest absolute Gasteiger partial charge is 0.299 e. The van der Waals surface area contributed by atoms with Crippen molar-refractivity contribution >= 4 is 5.78 Å². The Hall–Kier alpha value is -0.850. The van der Waals surface area contributed by atoms with Crippen LogP contribution in [0.3, 0.4) is 0 Å². The Morgan fingerprint density at radius 1 is 1.17 bits per heavy atom. The zero-order valence-electron chi connectivity index (χ0n) is 11.1. The Labute approximate surface area is 109 Å². The number of ketones is 1. The maximum Gasteiger partial charge on any atom is 0.140 e. The first-order valence-electron chi connectivity index (χ1n) is 7.62. The molecule has 0 saturated heterocycles. The Balaban J connectivity index is 1.71. The second-order valence-electron chi connectivity index (χ2n) is 6.91. The third-order valence-corrected chi connectivity index (χ3v) is 6.18. The minimum atomic E-state index is 0.286. The standard InChI is InChI=1S/C17H22O/c1-10-5-6-12-9-11-7-8-14(11)16(12)17(18)15-4-2-3-13(10)15/h2-3,5,11-16H,4,6-9H2,1H3/t11-,12+,13-,14-,15-,16+/m0/s1. The summed E-state index contributed by atoms with van der Waals surface area (Å²) in [6.07, 6.45) is 13.2. The van der Waals surface area contributed by atoms with Gasteiger partial charge in [0.15, 0.2) is 0 Å². The van der Waals surface area contributed by atoms with Crippen molar-refractivity contribution in [3.63, 3.8) is 0 Å². The first-order valence-corrected chi connectivity index (χ1v) is 7.62. The van der Waals surface area contributed by atoms with Crippen molar-refractivity contribution in [2.45, 2.75) is 39.0 Å². The molecule has 2 fully saturated rings. The third kappa shape index (κ3) is 1.36. The van der Waals surface area contributed by atoms with Crippen LogP contribution in [-0.4, -0.2) is 5.78 Å². The van der Waals surface area contributed by atoms with Crippen LogP contribution in [0.2, 0.25) is 0 Å². The van der Waals surface area contributed by atoms with E-state index in [-0.39, 0.29) is 5.92 Å². The van der Waals surface area contributed by atoms with Crippen molar-refractivity contribution in [2.24, 2.45) is 35.5 Å². The molecule has 0 heterocycles. The van der Waals surface area contributed by atoms with Crippen LogP contribution >= 0.6 is 0 Å². The molecule has 4 aliphatic carbocycles. The van der Waals surface area contributed by atoms with E-state index < -0.39 is 0 Å². The summed E-state index contributed by atoms with van der Waals surface area (Å²) >= 11 is 0. The summed E-state index contributed by atoms with van der Waals surface area (Å²) in [4.78, 5) is 12.9. The summed E-state index contributed by atoms with van der Waals surface area (Å²) in [5.74, 6) is 4.08. The molecular weight excluding hydrogens is 220 g/mol. The predicted molar refractivity (Wildman–Crippen MR) is 71.9 cm³/mol. The lowest BCUT2D eigenvalue weighted by molar-refractivity contribution is -0.131. The lowest BCUT2D eigenvalue weighted by atomic mass is 9.67. The van der Waals surface area contributed by atoms with E-state index in [1.807, 2.05) is 0 Å². The quantitative estimate of drug-likeness (QED) is 0.591. The smallest absolute Gasteiger partial charge is 0.140 e. The summed E-state index contributed by atoms with van der Waals surface area (Å²) in [5, 5.41) is 0. The Morgan fingerprint density at radius 2 is 2.06 bits per heavy atom. The van der Waals surface area contributed by atoms with Crippen LogP contribution in [0.5, 0.6) is 0 Å². The highest BCUT2D eigenvalue weighted by molar-refractivity contribution is 5.86. The highest BCUT2D eigenvalue weighted by Crippen LogP contribution is 2.56. The van der Waals surface area contributed by atoms with Gasteiger partial charge in [-0.1, -0.05) is 23.8 Å². The molecule has 0 amide bonds. The molecule has 4 rings (SSSR count). The number of rotatable bonds is 0. The molecule has 4 aliphatic rings. The van der Waals surface area contributed by atoms with Gasteiger partial charge in [-0.05, 0) is 56.8 Å². The number of fused-ring (bicyclic) bond motifs is 4. The van der Waals surface area contributed by atoms with Gasteiger partial charge in [-0.15, -0.1) is 0 Å². The minimum Gasteiger partial charge on any atom is -0.299 e. The van der Waals surface area contributed by atoms with Crippen molar-refractivity contribution < 1.29 is 4.79 Å². The van der Waals surface area contributed by atoms with Gasteiger partial charge in [0.25, 0.3) is 0 Å². The van der Waals surface area contributed by atoms with Gasteiger partial charge < -0.3 is 0 Å². The second kappa shape index (κ2) is 3.82. The zero-order valence-corrected chi connectivity index (χ0v) is 11.1. The maximum atomic E-state index is 12.9. The van der Waals surface area contributed by atoms with E-state index >= 15 is 0 Å². The van der Waals surface area contributed by atoms with E-state index in [0.29, 0.717) is 23.5 Å². The van der Waals surface area contributed by atoms with Crippen molar-refractivity contribution in [1.29, 1.82) is 0 Å². The molecular formula is C17H22O. The summed E-state index contributed by atoms with van der Waals surface area (Å²) in [6, 6.07) is 0. The fourth-order valence-electron chi connectivity index (χ4n) is 5.07. The molecule has 6 atom stereocenters. The van der Waals surface area contributed by atoms with Crippen LogP contribution in [0, 0.1) is 35.5 Å². The summed E-state index contributed by atoms with van der Waals surface area (Å²) < 4.78 is 0. The average Bonchev–Trinajstić information content (AvgIpc) is 2.89. The van der Waals surface area contributed by atoms with Gasteiger partial charge in [-0.3, -0.25) is 4.79 Å². The number of carbonyl (C=O) groups is 1. The number of allylic oxidation sites excluding steroid dienone is 4. The van der Waals surface area contributed by atoms with Gasteiger partial charge in [-0.25, -0.2) is 0 Å². The first kappa shape index (κ1) is 11.0. The third-order valence-electron chi connectivity index (χ3n) is 6.18. The highest BCUT2D eigenvalue weighted by atomic mass is 16.1. The maximum absolute atomic E-state index is 12.9.